The summed E-state index contributed by atoms with van der Waals surface area (Å²) in [5, 5.41) is 0.352. The predicted octanol–water partition coefficient (Wildman–Crippen LogP) is 1.36. The fourth-order valence-corrected chi connectivity index (χ4v) is 0.810. The molecule has 0 atom stereocenters. The summed E-state index contributed by atoms with van der Waals surface area (Å²) < 4.78 is 0. The number of halogens is 1. The van der Waals surface area contributed by atoms with E-state index in [4.69, 9.17) is 11.6 Å². The molecule has 1 aromatic heterocycles. The molecule has 5 heteroatoms. The zero-order valence-electron chi connectivity index (χ0n) is 6.00. The van der Waals surface area contributed by atoms with Gasteiger partial charge in [0.05, 0.1) is 6.33 Å². The van der Waals surface area contributed by atoms with Gasteiger partial charge in [-0.2, -0.15) is 0 Å². The van der Waals surface area contributed by atoms with Crippen molar-refractivity contribution in [2.75, 3.05) is 7.05 Å². The van der Waals surface area contributed by atoms with Crippen LogP contribution in [-0.2, 0) is 0 Å². The fourth-order valence-electron chi connectivity index (χ4n) is 0.671. The molecule has 58 valence electrons. The van der Waals surface area contributed by atoms with E-state index in [2.05, 4.69) is 26.7 Å². The second kappa shape index (κ2) is 3.30. The summed E-state index contributed by atoms with van der Waals surface area (Å²) in [5.74, 6) is 0.473. The molecule has 4 nitrogen and oxygen atoms in total. The monoisotopic (exact) mass is 170 g/mol. The highest BCUT2D eigenvalue weighted by Crippen LogP contribution is 2.14. The highest BCUT2D eigenvalue weighted by molar-refractivity contribution is 6.69. The number of aromatic amines is 1. The third kappa shape index (κ3) is 1.46. The summed E-state index contributed by atoms with van der Waals surface area (Å²) >= 11 is 5.71. The Morgan fingerprint density at radius 3 is 3.09 bits per heavy atom. The number of hydrogen-bond donors (Lipinski definition) is 1. The Morgan fingerprint density at radius 2 is 2.55 bits per heavy atom. The summed E-state index contributed by atoms with van der Waals surface area (Å²) in [7, 11) is 1.59. The molecule has 0 aliphatic rings. The van der Waals surface area contributed by atoms with Crippen molar-refractivity contribution >= 4 is 29.3 Å². The molecule has 0 aromatic carbocycles. The van der Waals surface area contributed by atoms with E-state index in [9.17, 15) is 0 Å². The van der Waals surface area contributed by atoms with Crippen molar-refractivity contribution in [2.45, 2.75) is 0 Å². The van der Waals surface area contributed by atoms with Crippen molar-refractivity contribution in [3.05, 3.63) is 12.0 Å². The quantitative estimate of drug-likeness (QED) is 0.670. The van der Waals surface area contributed by atoms with Crippen LogP contribution in [0, 0.1) is 0 Å². The number of H-pyrrole nitrogens is 1. The van der Waals surface area contributed by atoms with Gasteiger partial charge in [0, 0.05) is 7.05 Å². The molecule has 0 aliphatic carbocycles. The van der Waals surface area contributed by atoms with Crippen molar-refractivity contribution in [3.63, 3.8) is 0 Å². The standard InChI is InChI=1S/C6H7ClN4/c1-8-5(7)4-6(9-2)11-3-10-4/h3H,2H2,1H3,(H,10,11). The first-order valence-electron chi connectivity index (χ1n) is 2.92. The van der Waals surface area contributed by atoms with E-state index >= 15 is 0 Å². The minimum Gasteiger partial charge on any atom is -0.341 e. The molecule has 0 fully saturated rings. The summed E-state index contributed by atoms with van der Waals surface area (Å²) in [6.45, 7) is 3.33. The Morgan fingerprint density at radius 1 is 1.82 bits per heavy atom. The number of aliphatic imine (C=N–C) groups is 2. The third-order valence-corrected chi connectivity index (χ3v) is 1.53. The molecule has 1 rings (SSSR count). The normalized spacial score (nSPS) is 11.6. The Bertz CT molecular complexity index is 289. The average Bonchev–Trinajstić information content (AvgIpc) is 2.50. The predicted molar refractivity (Wildman–Crippen MR) is 46.1 cm³/mol. The minimum atomic E-state index is 0.352. The maximum atomic E-state index is 5.71. The Hall–Kier alpha value is -1.16. The van der Waals surface area contributed by atoms with Crippen LogP contribution in [0.15, 0.2) is 16.3 Å². The van der Waals surface area contributed by atoms with Crippen LogP contribution in [-0.4, -0.2) is 28.9 Å². The Kier molecular flexibility index (Phi) is 2.38. The lowest BCUT2D eigenvalue weighted by molar-refractivity contribution is 1.30. The summed E-state index contributed by atoms with van der Waals surface area (Å²) in [5.41, 5.74) is 0.601. The topological polar surface area (TPSA) is 53.4 Å². The van der Waals surface area contributed by atoms with Gasteiger partial charge in [0.25, 0.3) is 0 Å². The molecule has 1 aromatic rings. The summed E-state index contributed by atoms with van der Waals surface area (Å²) in [4.78, 5) is 14.1. The maximum Gasteiger partial charge on any atom is 0.179 e. The number of nitrogens with zero attached hydrogens (tertiary/aromatic N) is 3. The van der Waals surface area contributed by atoms with E-state index in [1.165, 1.54) is 6.33 Å². The van der Waals surface area contributed by atoms with E-state index in [0.717, 1.165) is 0 Å². The molecule has 11 heavy (non-hydrogen) atoms. The highest BCUT2D eigenvalue weighted by Gasteiger charge is 2.06. The molecule has 0 amide bonds. The molecule has 0 saturated heterocycles. The van der Waals surface area contributed by atoms with Crippen LogP contribution >= 0.6 is 11.6 Å². The second-order valence-electron chi connectivity index (χ2n) is 1.77. The van der Waals surface area contributed by atoms with E-state index in [1.54, 1.807) is 7.05 Å². The highest BCUT2D eigenvalue weighted by atomic mass is 35.5. The second-order valence-corrected chi connectivity index (χ2v) is 2.13. The molecular weight excluding hydrogens is 164 g/mol. The van der Waals surface area contributed by atoms with Crippen molar-refractivity contribution < 1.29 is 0 Å². The first-order valence-corrected chi connectivity index (χ1v) is 3.30. The van der Waals surface area contributed by atoms with Gasteiger partial charge < -0.3 is 4.98 Å². The maximum absolute atomic E-state index is 5.71. The molecule has 0 unspecified atom stereocenters. The van der Waals surface area contributed by atoms with E-state index in [0.29, 0.717) is 16.7 Å². The van der Waals surface area contributed by atoms with Gasteiger partial charge in [0.1, 0.15) is 5.69 Å². The average molecular weight is 171 g/mol. The van der Waals surface area contributed by atoms with Crippen molar-refractivity contribution in [1.29, 1.82) is 0 Å². The molecule has 1 N–H and O–H groups in total. The zero-order valence-corrected chi connectivity index (χ0v) is 6.76. The lowest BCUT2D eigenvalue weighted by atomic mass is 10.5. The van der Waals surface area contributed by atoms with Crippen LogP contribution in [0.3, 0.4) is 0 Å². The Labute approximate surface area is 69.0 Å². The lowest BCUT2D eigenvalue weighted by Gasteiger charge is -1.91. The zero-order chi connectivity index (χ0) is 8.27. The summed E-state index contributed by atoms with van der Waals surface area (Å²) in [6.07, 6.45) is 1.49. The SMILES string of the molecule is C=Nc1nc[nH]c1C(Cl)=NC. The van der Waals surface area contributed by atoms with Gasteiger partial charge in [-0.05, 0) is 6.72 Å². The van der Waals surface area contributed by atoms with Gasteiger partial charge in [-0.3, -0.25) is 4.99 Å². The van der Waals surface area contributed by atoms with Crippen LogP contribution in [0.2, 0.25) is 0 Å². The molecular formula is C6H7ClN4. The third-order valence-electron chi connectivity index (χ3n) is 1.17. The van der Waals surface area contributed by atoms with Crippen LogP contribution in [0.5, 0.6) is 0 Å². The van der Waals surface area contributed by atoms with Gasteiger partial charge in [0.15, 0.2) is 11.0 Å². The van der Waals surface area contributed by atoms with Crippen LogP contribution in [0.4, 0.5) is 5.82 Å². The van der Waals surface area contributed by atoms with Crippen molar-refractivity contribution in [1.82, 2.24) is 9.97 Å². The van der Waals surface area contributed by atoms with Crippen LogP contribution < -0.4 is 0 Å². The smallest absolute Gasteiger partial charge is 0.179 e. The van der Waals surface area contributed by atoms with Crippen LogP contribution in [0.1, 0.15) is 5.69 Å². The fraction of sp³-hybridized carbons (Fsp3) is 0.167. The van der Waals surface area contributed by atoms with Crippen LogP contribution in [0.25, 0.3) is 0 Å². The van der Waals surface area contributed by atoms with E-state index in [-0.39, 0.29) is 0 Å². The van der Waals surface area contributed by atoms with Crippen molar-refractivity contribution in [3.8, 4) is 0 Å². The van der Waals surface area contributed by atoms with Gasteiger partial charge in [-0.25, -0.2) is 9.98 Å². The Balaban J connectivity index is 3.12. The molecule has 0 spiro atoms. The number of imidazole rings is 1. The molecule has 0 radical (unpaired) electrons. The number of rotatable bonds is 2. The molecule has 0 saturated carbocycles. The van der Waals surface area contributed by atoms with Gasteiger partial charge >= 0.3 is 0 Å². The van der Waals surface area contributed by atoms with Gasteiger partial charge in [-0.15, -0.1) is 0 Å². The lowest BCUT2D eigenvalue weighted by Crippen LogP contribution is -1.90. The molecule has 0 aliphatic heterocycles. The van der Waals surface area contributed by atoms with Crippen molar-refractivity contribution in [2.24, 2.45) is 9.98 Å². The largest absolute Gasteiger partial charge is 0.341 e. The summed E-state index contributed by atoms with van der Waals surface area (Å²) in [6, 6.07) is 0. The first-order chi connectivity index (χ1) is 5.29. The van der Waals surface area contributed by atoms with Gasteiger partial charge in [-0.1, -0.05) is 11.6 Å². The van der Waals surface area contributed by atoms with E-state index in [1.807, 2.05) is 0 Å². The van der Waals surface area contributed by atoms with E-state index < -0.39 is 0 Å². The number of hydrogen-bond acceptors (Lipinski definition) is 3. The van der Waals surface area contributed by atoms with Gasteiger partial charge in [0.2, 0.25) is 0 Å². The number of aromatic nitrogens is 2. The number of nitrogens with one attached hydrogen (secondary N) is 1. The molecule has 1 heterocycles. The minimum absolute atomic E-state index is 0.352. The molecule has 0 bridgehead atoms. The first kappa shape index (κ1) is 7.94.